The van der Waals surface area contributed by atoms with Crippen molar-refractivity contribution in [2.75, 3.05) is 56.2 Å². The van der Waals surface area contributed by atoms with Crippen LogP contribution in [0.5, 0.6) is 6.01 Å². The van der Waals surface area contributed by atoms with Crippen LogP contribution in [0, 0.1) is 23.0 Å². The van der Waals surface area contributed by atoms with Gasteiger partial charge >= 0.3 is 12.1 Å². The Balaban J connectivity index is 1.38. The third kappa shape index (κ3) is 6.76. The Hall–Kier alpha value is -4.13. The quantitative estimate of drug-likeness (QED) is 0.192. The van der Waals surface area contributed by atoms with Gasteiger partial charge in [0.15, 0.2) is 5.82 Å². The predicted octanol–water partition coefficient (Wildman–Crippen LogP) is 7.42. The largest absolute Gasteiger partial charge is 0.461 e. The van der Waals surface area contributed by atoms with E-state index in [4.69, 9.17) is 30.8 Å². The van der Waals surface area contributed by atoms with Crippen molar-refractivity contribution in [3.8, 4) is 23.2 Å². The van der Waals surface area contributed by atoms with Crippen LogP contribution in [0.25, 0.3) is 32.1 Å². The van der Waals surface area contributed by atoms with Gasteiger partial charge in [-0.25, -0.2) is 13.6 Å². The first-order valence-corrected chi connectivity index (χ1v) is 18.2. The molecule has 2 aromatic heterocycles. The number of nitriles is 1. The number of hydrogen-bond donors (Lipinski definition) is 2. The molecule has 3 aliphatic rings. The SMILES string of the molecule is C=C1CN2CCC[C@@]2(COc2nc(N3CCOCC(C)(O)C3)c3cc(Cl)c(-c4ccc(F)c5sc(NC(=O)OC(C)(C)C)c(C#N)c45)c(F)c3n2)C1. The summed E-state index contributed by atoms with van der Waals surface area (Å²) in [5.74, 6) is -1.20. The number of β-amino-alcohol motifs (C(OH)–C–C–N with tert-alkyl or cyclic N) is 1. The molecule has 15 heteroatoms. The number of halogens is 3. The van der Waals surface area contributed by atoms with Gasteiger partial charge < -0.3 is 24.2 Å². The standard InChI is InChI=1S/C37H39ClF2N6O5S/c1-20-14-37(9-6-10-46(37)16-20)19-50-33-42-29-22(31(43-33)45-11-12-49-18-36(5,48)17-45)13-24(38)27(28(29)40)21-7-8-25(39)30-26(21)23(15-41)32(52-30)44-34(47)51-35(2,3)4/h7-8,13,48H,1,6,9-12,14,16-19H2,2-5H3,(H,44,47)/t36?,37-/m0/s1. The van der Waals surface area contributed by atoms with E-state index in [1.165, 1.54) is 12.1 Å². The van der Waals surface area contributed by atoms with Crippen molar-refractivity contribution in [2.45, 2.75) is 63.7 Å². The molecule has 7 rings (SSSR count). The van der Waals surface area contributed by atoms with E-state index in [1.54, 1.807) is 32.6 Å². The zero-order valence-corrected chi connectivity index (χ0v) is 30.9. The molecular formula is C37H39ClF2N6O5S. The van der Waals surface area contributed by atoms with E-state index in [0.29, 0.717) is 12.4 Å². The van der Waals surface area contributed by atoms with Crippen LogP contribution in [0.15, 0.2) is 30.4 Å². The van der Waals surface area contributed by atoms with Crippen molar-refractivity contribution in [1.29, 1.82) is 5.26 Å². The van der Waals surface area contributed by atoms with Crippen LogP contribution in [0.4, 0.5) is 24.4 Å². The molecule has 274 valence electrons. The van der Waals surface area contributed by atoms with Crippen molar-refractivity contribution in [1.82, 2.24) is 14.9 Å². The summed E-state index contributed by atoms with van der Waals surface area (Å²) in [4.78, 5) is 26.2. The van der Waals surface area contributed by atoms with Crippen molar-refractivity contribution < 1.29 is 32.9 Å². The Morgan fingerprint density at radius 2 is 2.08 bits per heavy atom. The van der Waals surface area contributed by atoms with Gasteiger partial charge in [-0.1, -0.05) is 29.8 Å². The monoisotopic (exact) mass is 752 g/mol. The van der Waals surface area contributed by atoms with E-state index in [0.717, 1.165) is 55.3 Å². The summed E-state index contributed by atoms with van der Waals surface area (Å²) >= 11 is 7.74. The number of aromatic nitrogens is 2. The van der Waals surface area contributed by atoms with E-state index < -0.39 is 28.9 Å². The summed E-state index contributed by atoms with van der Waals surface area (Å²) in [7, 11) is 0. The summed E-state index contributed by atoms with van der Waals surface area (Å²) in [5.41, 5.74) is -1.36. The maximum absolute atomic E-state index is 17.2. The highest BCUT2D eigenvalue weighted by atomic mass is 35.5. The van der Waals surface area contributed by atoms with Gasteiger partial charge in [-0.15, -0.1) is 11.3 Å². The molecule has 2 atom stereocenters. The third-order valence-corrected chi connectivity index (χ3v) is 11.0. The lowest BCUT2D eigenvalue weighted by Crippen LogP contribution is -2.44. The molecule has 0 bridgehead atoms. The van der Waals surface area contributed by atoms with Gasteiger partial charge in [0.1, 0.15) is 46.0 Å². The number of thiophene rings is 1. The first kappa shape index (κ1) is 36.2. The summed E-state index contributed by atoms with van der Waals surface area (Å²) in [6.45, 7) is 13.8. The van der Waals surface area contributed by atoms with Crippen LogP contribution >= 0.6 is 22.9 Å². The van der Waals surface area contributed by atoms with E-state index in [1.807, 2.05) is 6.07 Å². The van der Waals surface area contributed by atoms with Gasteiger partial charge in [0.25, 0.3) is 0 Å². The molecule has 1 unspecified atom stereocenters. The van der Waals surface area contributed by atoms with Gasteiger partial charge in [0.2, 0.25) is 0 Å². The first-order valence-electron chi connectivity index (χ1n) is 17.0. The minimum Gasteiger partial charge on any atom is -0.461 e. The van der Waals surface area contributed by atoms with Crippen LogP contribution < -0.4 is 15.0 Å². The molecular weight excluding hydrogens is 714 g/mol. The average molecular weight is 753 g/mol. The Kier molecular flexibility index (Phi) is 9.32. The summed E-state index contributed by atoms with van der Waals surface area (Å²) < 4.78 is 50.0. The summed E-state index contributed by atoms with van der Waals surface area (Å²) in [6.07, 6.45) is 1.89. The van der Waals surface area contributed by atoms with E-state index in [2.05, 4.69) is 21.8 Å². The lowest BCUT2D eigenvalue weighted by molar-refractivity contribution is -0.0123. The predicted molar refractivity (Wildman–Crippen MR) is 196 cm³/mol. The highest BCUT2D eigenvalue weighted by molar-refractivity contribution is 7.23. The number of fused-ring (bicyclic) bond motifs is 3. The van der Waals surface area contributed by atoms with Gasteiger partial charge in [-0.05, 0) is 71.2 Å². The lowest BCUT2D eigenvalue weighted by Gasteiger charge is -2.31. The summed E-state index contributed by atoms with van der Waals surface area (Å²) in [5, 5.41) is 24.2. The number of nitrogens with one attached hydrogen (secondary N) is 1. The number of amides is 1. The van der Waals surface area contributed by atoms with Crippen LogP contribution in [0.3, 0.4) is 0 Å². The molecule has 0 aliphatic carbocycles. The minimum absolute atomic E-state index is 0.0217. The smallest absolute Gasteiger partial charge is 0.412 e. The molecule has 2 aromatic carbocycles. The Morgan fingerprint density at radius 3 is 2.83 bits per heavy atom. The molecule has 2 N–H and O–H groups in total. The van der Waals surface area contributed by atoms with Gasteiger partial charge in [-0.3, -0.25) is 10.2 Å². The molecule has 0 radical (unpaired) electrons. The highest BCUT2D eigenvalue weighted by Gasteiger charge is 2.46. The van der Waals surface area contributed by atoms with Crippen molar-refractivity contribution in [3.05, 3.63) is 52.6 Å². The maximum Gasteiger partial charge on any atom is 0.412 e. The number of carbonyl (C=O) groups is 1. The number of aliphatic hydroxyl groups is 1. The number of nitrogens with zero attached hydrogens (tertiary/aromatic N) is 5. The van der Waals surface area contributed by atoms with E-state index in [9.17, 15) is 15.2 Å². The number of anilines is 2. The molecule has 52 heavy (non-hydrogen) atoms. The van der Waals surface area contributed by atoms with Crippen LogP contribution in [-0.2, 0) is 9.47 Å². The number of benzene rings is 2. The summed E-state index contributed by atoms with van der Waals surface area (Å²) in [6, 6.07) is 6.03. The molecule has 3 fully saturated rings. The topological polar surface area (TPSA) is 133 Å². The molecule has 3 aliphatic heterocycles. The molecule has 5 heterocycles. The lowest BCUT2D eigenvalue weighted by atomic mass is 9.94. The fourth-order valence-corrected chi connectivity index (χ4v) is 8.87. The Bertz CT molecular complexity index is 2160. The van der Waals surface area contributed by atoms with Crippen LogP contribution in [-0.4, -0.2) is 88.8 Å². The number of carbonyl (C=O) groups excluding carboxylic acids is 1. The number of hydrogen-bond acceptors (Lipinski definition) is 11. The normalized spacial score (nSPS) is 22.4. The molecule has 0 saturated carbocycles. The fraction of sp³-hybridized carbons (Fsp3) is 0.459. The first-order chi connectivity index (χ1) is 24.6. The van der Waals surface area contributed by atoms with Crippen molar-refractivity contribution >= 4 is 60.8 Å². The molecule has 3 saturated heterocycles. The second kappa shape index (κ2) is 13.4. The second-order valence-electron chi connectivity index (χ2n) is 15.1. The van der Waals surface area contributed by atoms with Crippen molar-refractivity contribution in [2.24, 2.45) is 0 Å². The van der Waals surface area contributed by atoms with Crippen LogP contribution in [0.1, 0.15) is 52.5 Å². The maximum atomic E-state index is 17.2. The minimum atomic E-state index is -1.23. The molecule has 1 amide bonds. The molecule has 0 spiro atoms. The molecule has 4 aromatic rings. The second-order valence-corrected chi connectivity index (χ2v) is 16.5. The van der Waals surface area contributed by atoms with Crippen molar-refractivity contribution in [3.63, 3.8) is 0 Å². The fourth-order valence-electron chi connectivity index (χ4n) is 7.51. The highest BCUT2D eigenvalue weighted by Crippen LogP contribution is 2.47. The average Bonchev–Trinajstić information content (AvgIpc) is 3.67. The Morgan fingerprint density at radius 1 is 1.29 bits per heavy atom. The van der Waals surface area contributed by atoms with E-state index in [-0.39, 0.29) is 85.6 Å². The van der Waals surface area contributed by atoms with Gasteiger partial charge in [0.05, 0.1) is 40.6 Å². The Labute approximate surface area is 308 Å². The zero-order valence-electron chi connectivity index (χ0n) is 29.4. The third-order valence-electron chi connectivity index (χ3n) is 9.58. The molecule has 11 nitrogen and oxygen atoms in total. The number of ether oxygens (including phenoxy) is 3. The van der Waals surface area contributed by atoms with Gasteiger partial charge in [0, 0.05) is 29.4 Å². The van der Waals surface area contributed by atoms with E-state index >= 15 is 8.78 Å². The van der Waals surface area contributed by atoms with Gasteiger partial charge in [-0.2, -0.15) is 15.2 Å². The van der Waals surface area contributed by atoms with Crippen LogP contribution in [0.2, 0.25) is 5.02 Å². The number of rotatable bonds is 6. The zero-order chi connectivity index (χ0) is 37.2.